The molecule has 2 atom stereocenters. The molecule has 6 nitrogen and oxygen atoms in total. The average Bonchev–Trinajstić information content (AvgIpc) is 2.98. The Kier molecular flexibility index (Phi) is 4.09. The molecule has 1 aliphatic heterocycles. The van der Waals surface area contributed by atoms with Gasteiger partial charge in [-0.25, -0.2) is 14.6 Å². The highest BCUT2D eigenvalue weighted by Crippen LogP contribution is 2.28. The van der Waals surface area contributed by atoms with E-state index in [2.05, 4.69) is 33.8 Å². The summed E-state index contributed by atoms with van der Waals surface area (Å²) in [5, 5.41) is 6.22. The maximum absolute atomic E-state index is 6.08. The molecule has 3 heterocycles. The number of aryl methyl sites for hydroxylation is 1. The van der Waals surface area contributed by atoms with Gasteiger partial charge in [0.15, 0.2) is 5.65 Å². The molecule has 0 unspecified atom stereocenters. The van der Waals surface area contributed by atoms with Crippen molar-refractivity contribution < 1.29 is 4.74 Å². The van der Waals surface area contributed by atoms with E-state index in [0.717, 1.165) is 41.2 Å². The van der Waals surface area contributed by atoms with Crippen molar-refractivity contribution in [3.8, 4) is 5.69 Å². The number of morpholine rings is 1. The largest absolute Gasteiger partial charge is 0.372 e. The van der Waals surface area contributed by atoms with Crippen molar-refractivity contribution >= 4 is 28.5 Å². The Morgan fingerprint density at radius 3 is 2.64 bits per heavy atom. The average molecular weight is 358 g/mol. The summed E-state index contributed by atoms with van der Waals surface area (Å²) in [5.41, 5.74) is 2.81. The van der Waals surface area contributed by atoms with Gasteiger partial charge in [0.2, 0.25) is 0 Å². The topological polar surface area (TPSA) is 56.1 Å². The van der Waals surface area contributed by atoms with Crippen molar-refractivity contribution in [2.24, 2.45) is 0 Å². The summed E-state index contributed by atoms with van der Waals surface area (Å²) < 4.78 is 7.68. The minimum absolute atomic E-state index is 0.169. The maximum atomic E-state index is 6.08. The second-order valence-electron chi connectivity index (χ2n) is 6.58. The van der Waals surface area contributed by atoms with E-state index >= 15 is 0 Å². The number of aromatic nitrogens is 4. The van der Waals surface area contributed by atoms with Crippen LogP contribution in [0.5, 0.6) is 0 Å². The van der Waals surface area contributed by atoms with Gasteiger partial charge in [0.25, 0.3) is 0 Å². The molecule has 0 radical (unpaired) electrons. The van der Waals surface area contributed by atoms with Crippen LogP contribution in [0.3, 0.4) is 0 Å². The van der Waals surface area contributed by atoms with Crippen LogP contribution in [0.25, 0.3) is 16.7 Å². The summed E-state index contributed by atoms with van der Waals surface area (Å²) in [7, 11) is 0. The zero-order valence-corrected chi connectivity index (χ0v) is 15.2. The predicted octanol–water partition coefficient (Wildman–Crippen LogP) is 3.39. The van der Waals surface area contributed by atoms with Crippen LogP contribution in [-0.4, -0.2) is 45.0 Å². The summed E-state index contributed by atoms with van der Waals surface area (Å²) in [6.45, 7) is 7.80. The first-order chi connectivity index (χ1) is 12.0. The first-order valence-electron chi connectivity index (χ1n) is 8.38. The van der Waals surface area contributed by atoms with E-state index in [9.17, 15) is 0 Å². The second-order valence-corrected chi connectivity index (χ2v) is 7.02. The Hall–Kier alpha value is -2.18. The highest BCUT2D eigenvalue weighted by atomic mass is 35.5. The standard InChI is InChI=1S/C18H20ClN5O/c1-11-6-14(19)4-5-16(11)24-18-15(7-22-24)17(20-10-21-18)23-8-12(2)25-13(3)9-23/h4-7,10,12-13H,8-9H2,1-3H3/t12-,13-/m1/s1. The van der Waals surface area contributed by atoms with Crippen LogP contribution in [0.1, 0.15) is 19.4 Å². The van der Waals surface area contributed by atoms with E-state index in [1.807, 2.05) is 36.0 Å². The van der Waals surface area contributed by atoms with Crippen LogP contribution in [0.2, 0.25) is 5.02 Å². The van der Waals surface area contributed by atoms with Gasteiger partial charge in [-0.1, -0.05) is 11.6 Å². The van der Waals surface area contributed by atoms with E-state index in [0.29, 0.717) is 5.02 Å². The van der Waals surface area contributed by atoms with Crippen molar-refractivity contribution in [1.82, 2.24) is 19.7 Å². The monoisotopic (exact) mass is 357 g/mol. The fourth-order valence-corrected chi connectivity index (χ4v) is 3.69. The Morgan fingerprint density at radius 2 is 1.92 bits per heavy atom. The van der Waals surface area contributed by atoms with Crippen molar-refractivity contribution in [1.29, 1.82) is 0 Å². The molecule has 130 valence electrons. The number of hydrogen-bond donors (Lipinski definition) is 0. The Bertz CT molecular complexity index is 915. The lowest BCUT2D eigenvalue weighted by Crippen LogP contribution is -2.45. The second kappa shape index (κ2) is 6.28. The van der Waals surface area contributed by atoms with Gasteiger partial charge in [-0.3, -0.25) is 0 Å². The van der Waals surface area contributed by atoms with Crippen LogP contribution in [0, 0.1) is 6.92 Å². The molecule has 0 bridgehead atoms. The van der Waals surface area contributed by atoms with Gasteiger partial charge in [-0.15, -0.1) is 0 Å². The first kappa shape index (κ1) is 16.3. The van der Waals surface area contributed by atoms with Crippen LogP contribution >= 0.6 is 11.6 Å². The molecule has 1 fully saturated rings. The quantitative estimate of drug-likeness (QED) is 0.703. The van der Waals surface area contributed by atoms with E-state index in [1.54, 1.807) is 6.33 Å². The Labute approximate surface area is 151 Å². The van der Waals surface area contributed by atoms with Crippen molar-refractivity contribution in [2.75, 3.05) is 18.0 Å². The molecule has 3 aromatic rings. The number of fused-ring (bicyclic) bond motifs is 1. The summed E-state index contributed by atoms with van der Waals surface area (Å²) >= 11 is 6.08. The van der Waals surface area contributed by atoms with E-state index in [1.165, 1.54) is 0 Å². The summed E-state index contributed by atoms with van der Waals surface area (Å²) in [6.07, 6.45) is 3.78. The molecule has 7 heteroatoms. The van der Waals surface area contributed by atoms with Gasteiger partial charge >= 0.3 is 0 Å². The van der Waals surface area contributed by atoms with Crippen LogP contribution < -0.4 is 4.90 Å². The molecule has 0 N–H and O–H groups in total. The zero-order valence-electron chi connectivity index (χ0n) is 14.5. The number of rotatable bonds is 2. The van der Waals surface area contributed by atoms with Crippen molar-refractivity contribution in [3.63, 3.8) is 0 Å². The molecule has 1 saturated heterocycles. The molecule has 0 amide bonds. The fraction of sp³-hybridized carbons (Fsp3) is 0.389. The third kappa shape index (κ3) is 2.96. The van der Waals surface area contributed by atoms with Gasteiger partial charge in [0, 0.05) is 18.1 Å². The first-order valence-corrected chi connectivity index (χ1v) is 8.76. The number of ether oxygens (including phenoxy) is 1. The molecule has 0 spiro atoms. The lowest BCUT2D eigenvalue weighted by molar-refractivity contribution is -0.00537. The third-order valence-electron chi connectivity index (χ3n) is 4.45. The minimum atomic E-state index is 0.169. The summed E-state index contributed by atoms with van der Waals surface area (Å²) in [5.74, 6) is 0.907. The minimum Gasteiger partial charge on any atom is -0.372 e. The number of nitrogens with zero attached hydrogens (tertiary/aromatic N) is 5. The molecule has 4 rings (SSSR count). The fourth-order valence-electron chi connectivity index (χ4n) is 3.47. The number of anilines is 1. The van der Waals surface area contributed by atoms with E-state index in [-0.39, 0.29) is 12.2 Å². The lowest BCUT2D eigenvalue weighted by atomic mass is 10.2. The molecule has 2 aromatic heterocycles. The van der Waals surface area contributed by atoms with Gasteiger partial charge < -0.3 is 9.64 Å². The van der Waals surface area contributed by atoms with E-state index in [4.69, 9.17) is 16.3 Å². The summed E-state index contributed by atoms with van der Waals surface area (Å²) in [6, 6.07) is 5.76. The Morgan fingerprint density at radius 1 is 1.16 bits per heavy atom. The zero-order chi connectivity index (χ0) is 17.6. The van der Waals surface area contributed by atoms with Gasteiger partial charge in [0.05, 0.1) is 29.5 Å². The van der Waals surface area contributed by atoms with Crippen LogP contribution in [-0.2, 0) is 4.74 Å². The van der Waals surface area contributed by atoms with Crippen LogP contribution in [0.15, 0.2) is 30.7 Å². The van der Waals surface area contributed by atoms with E-state index < -0.39 is 0 Å². The molecular weight excluding hydrogens is 338 g/mol. The predicted molar refractivity (Wildman–Crippen MR) is 98.6 cm³/mol. The highest BCUT2D eigenvalue weighted by molar-refractivity contribution is 6.30. The Balaban J connectivity index is 1.81. The molecule has 0 saturated carbocycles. The molecular formula is C18H20ClN5O. The molecule has 1 aliphatic rings. The number of hydrogen-bond acceptors (Lipinski definition) is 5. The molecule has 0 aliphatic carbocycles. The third-order valence-corrected chi connectivity index (χ3v) is 4.69. The normalized spacial score (nSPS) is 21.0. The number of halogens is 1. The van der Waals surface area contributed by atoms with Gasteiger partial charge in [-0.2, -0.15) is 5.10 Å². The van der Waals surface area contributed by atoms with Gasteiger partial charge in [0.1, 0.15) is 12.1 Å². The van der Waals surface area contributed by atoms with Crippen molar-refractivity contribution in [2.45, 2.75) is 33.0 Å². The number of benzene rings is 1. The highest BCUT2D eigenvalue weighted by Gasteiger charge is 2.25. The van der Waals surface area contributed by atoms with Crippen LogP contribution in [0.4, 0.5) is 5.82 Å². The lowest BCUT2D eigenvalue weighted by Gasteiger charge is -2.36. The molecule has 25 heavy (non-hydrogen) atoms. The summed E-state index contributed by atoms with van der Waals surface area (Å²) in [4.78, 5) is 11.3. The molecule has 1 aromatic carbocycles. The van der Waals surface area contributed by atoms with Gasteiger partial charge in [-0.05, 0) is 44.5 Å². The smallest absolute Gasteiger partial charge is 0.168 e. The maximum Gasteiger partial charge on any atom is 0.168 e. The SMILES string of the molecule is Cc1cc(Cl)ccc1-n1ncc2c(N3C[C@@H](C)O[C@H](C)C3)ncnc21. The van der Waals surface area contributed by atoms with Crippen molar-refractivity contribution in [3.05, 3.63) is 41.3 Å².